The number of nitrogens with one attached hydrogen (secondary N) is 1. The highest BCUT2D eigenvalue weighted by atomic mass is 79.9. The van der Waals surface area contributed by atoms with Gasteiger partial charge in [0, 0.05) is 23.3 Å². The lowest BCUT2D eigenvalue weighted by Gasteiger charge is -2.20. The summed E-state index contributed by atoms with van der Waals surface area (Å²) in [5, 5.41) is 8.04. The fourth-order valence-electron chi connectivity index (χ4n) is 2.47. The first-order valence-corrected chi connectivity index (χ1v) is 8.44. The van der Waals surface area contributed by atoms with Crippen LogP contribution in [0.3, 0.4) is 0 Å². The van der Waals surface area contributed by atoms with Crippen molar-refractivity contribution in [2.24, 2.45) is 0 Å². The lowest BCUT2D eigenvalue weighted by atomic mass is 9.99. The molecule has 0 saturated heterocycles. The first-order chi connectivity index (χ1) is 10.2. The molecule has 0 aliphatic heterocycles. The van der Waals surface area contributed by atoms with Crippen molar-refractivity contribution in [1.29, 1.82) is 0 Å². The van der Waals surface area contributed by atoms with Crippen LogP contribution in [0.15, 0.2) is 35.1 Å². The van der Waals surface area contributed by atoms with E-state index in [9.17, 15) is 0 Å². The molecule has 1 atom stereocenters. The van der Waals surface area contributed by atoms with Crippen molar-refractivity contribution in [2.45, 2.75) is 46.2 Å². The molecule has 1 heterocycles. The zero-order valence-corrected chi connectivity index (χ0v) is 14.7. The van der Waals surface area contributed by atoms with Crippen molar-refractivity contribution in [2.75, 3.05) is 6.54 Å². The molecule has 21 heavy (non-hydrogen) atoms. The Hall–Kier alpha value is -1.13. The standard InChI is InChI=1S/C17H24BrN3/c1-4-9-19-16(10-14-11-20-21(5-2)12-14)15-8-6-7-13(3)17(15)18/h6-8,11-12,16,19H,4-5,9-10H2,1-3H3. The van der Waals surface area contributed by atoms with Gasteiger partial charge in [-0.05, 0) is 49.9 Å². The van der Waals surface area contributed by atoms with E-state index in [-0.39, 0.29) is 0 Å². The van der Waals surface area contributed by atoms with Gasteiger partial charge in [-0.3, -0.25) is 4.68 Å². The number of aromatic nitrogens is 2. The van der Waals surface area contributed by atoms with E-state index in [1.54, 1.807) is 0 Å². The van der Waals surface area contributed by atoms with E-state index in [1.165, 1.54) is 21.2 Å². The van der Waals surface area contributed by atoms with Crippen LogP contribution >= 0.6 is 15.9 Å². The van der Waals surface area contributed by atoms with Crippen LogP contribution in [0, 0.1) is 6.92 Å². The zero-order valence-electron chi connectivity index (χ0n) is 13.1. The molecular weight excluding hydrogens is 326 g/mol. The van der Waals surface area contributed by atoms with Gasteiger partial charge in [-0.25, -0.2) is 0 Å². The third-order valence-electron chi connectivity index (χ3n) is 3.69. The molecule has 1 unspecified atom stereocenters. The monoisotopic (exact) mass is 349 g/mol. The highest BCUT2D eigenvalue weighted by molar-refractivity contribution is 9.10. The van der Waals surface area contributed by atoms with Crippen LogP contribution < -0.4 is 5.32 Å². The van der Waals surface area contributed by atoms with E-state index in [1.807, 2.05) is 10.9 Å². The van der Waals surface area contributed by atoms with Crippen LogP contribution in [-0.4, -0.2) is 16.3 Å². The summed E-state index contributed by atoms with van der Waals surface area (Å²) >= 11 is 3.74. The normalized spacial score (nSPS) is 12.6. The number of benzene rings is 1. The Morgan fingerprint density at radius 1 is 1.33 bits per heavy atom. The first kappa shape index (κ1) is 16.2. The van der Waals surface area contributed by atoms with Gasteiger partial charge >= 0.3 is 0 Å². The maximum atomic E-state index is 4.38. The van der Waals surface area contributed by atoms with Gasteiger partial charge in [0.1, 0.15) is 0 Å². The Morgan fingerprint density at radius 3 is 2.81 bits per heavy atom. The second kappa shape index (κ2) is 7.76. The third-order valence-corrected chi connectivity index (χ3v) is 4.77. The highest BCUT2D eigenvalue weighted by Crippen LogP contribution is 2.28. The molecule has 2 rings (SSSR count). The number of rotatable bonds is 7. The Kier molecular flexibility index (Phi) is 6.00. The van der Waals surface area contributed by atoms with E-state index < -0.39 is 0 Å². The summed E-state index contributed by atoms with van der Waals surface area (Å²) < 4.78 is 3.19. The lowest BCUT2D eigenvalue weighted by molar-refractivity contribution is 0.527. The van der Waals surface area contributed by atoms with Gasteiger partial charge < -0.3 is 5.32 Å². The van der Waals surface area contributed by atoms with Gasteiger partial charge in [0.05, 0.1) is 6.20 Å². The minimum Gasteiger partial charge on any atom is -0.310 e. The van der Waals surface area contributed by atoms with E-state index in [4.69, 9.17) is 0 Å². The van der Waals surface area contributed by atoms with Crippen LogP contribution in [-0.2, 0) is 13.0 Å². The van der Waals surface area contributed by atoms with Crippen molar-refractivity contribution < 1.29 is 0 Å². The molecule has 0 amide bonds. The number of nitrogens with zero attached hydrogens (tertiary/aromatic N) is 2. The van der Waals surface area contributed by atoms with Crippen LogP contribution in [0.1, 0.15) is 43.0 Å². The predicted octanol–water partition coefficient (Wildman–Crippen LogP) is 4.26. The number of aryl methyl sites for hydroxylation is 2. The molecule has 0 radical (unpaired) electrons. The molecule has 0 aliphatic rings. The fraction of sp³-hybridized carbons (Fsp3) is 0.471. The predicted molar refractivity (Wildman–Crippen MR) is 91.5 cm³/mol. The van der Waals surface area contributed by atoms with Gasteiger partial charge in [-0.15, -0.1) is 0 Å². The average molecular weight is 350 g/mol. The minimum atomic E-state index is 0.314. The summed E-state index contributed by atoms with van der Waals surface area (Å²) in [6.45, 7) is 8.39. The molecule has 114 valence electrons. The summed E-state index contributed by atoms with van der Waals surface area (Å²) in [7, 11) is 0. The molecule has 0 fully saturated rings. The molecule has 0 aliphatic carbocycles. The summed E-state index contributed by atoms with van der Waals surface area (Å²) in [4.78, 5) is 0. The lowest BCUT2D eigenvalue weighted by Crippen LogP contribution is -2.24. The van der Waals surface area contributed by atoms with E-state index >= 15 is 0 Å². The second-order valence-corrected chi connectivity index (χ2v) is 6.19. The number of hydrogen-bond donors (Lipinski definition) is 1. The van der Waals surface area contributed by atoms with Crippen LogP contribution in [0.4, 0.5) is 0 Å². The summed E-state index contributed by atoms with van der Waals surface area (Å²) in [5.74, 6) is 0. The Labute approximate surface area is 135 Å². The van der Waals surface area contributed by atoms with Crippen molar-refractivity contribution in [1.82, 2.24) is 15.1 Å². The van der Waals surface area contributed by atoms with E-state index in [2.05, 4.69) is 71.5 Å². The molecule has 0 bridgehead atoms. The molecule has 2 aromatic rings. The van der Waals surface area contributed by atoms with Crippen LogP contribution in [0.2, 0.25) is 0 Å². The fourth-order valence-corrected chi connectivity index (χ4v) is 3.01. The summed E-state index contributed by atoms with van der Waals surface area (Å²) in [5.41, 5.74) is 3.88. The first-order valence-electron chi connectivity index (χ1n) is 7.65. The molecule has 1 aromatic heterocycles. The number of hydrogen-bond acceptors (Lipinski definition) is 2. The molecule has 3 nitrogen and oxygen atoms in total. The Bertz CT molecular complexity index is 577. The molecule has 4 heteroatoms. The van der Waals surface area contributed by atoms with E-state index in [0.717, 1.165) is 25.9 Å². The maximum absolute atomic E-state index is 4.38. The maximum Gasteiger partial charge on any atom is 0.0522 e. The van der Waals surface area contributed by atoms with Gasteiger partial charge in [-0.2, -0.15) is 5.10 Å². The molecular formula is C17H24BrN3. The topological polar surface area (TPSA) is 29.9 Å². The SMILES string of the molecule is CCCNC(Cc1cnn(CC)c1)c1cccc(C)c1Br. The van der Waals surface area contributed by atoms with Gasteiger partial charge in [-0.1, -0.05) is 41.1 Å². The molecule has 0 saturated carbocycles. The quantitative estimate of drug-likeness (QED) is 0.809. The zero-order chi connectivity index (χ0) is 15.2. The van der Waals surface area contributed by atoms with Crippen molar-refractivity contribution in [3.8, 4) is 0 Å². The highest BCUT2D eigenvalue weighted by Gasteiger charge is 2.16. The van der Waals surface area contributed by atoms with Crippen LogP contribution in [0.5, 0.6) is 0 Å². The average Bonchev–Trinajstić information content (AvgIpc) is 2.94. The van der Waals surface area contributed by atoms with Gasteiger partial charge in [0.15, 0.2) is 0 Å². The van der Waals surface area contributed by atoms with Gasteiger partial charge in [0.25, 0.3) is 0 Å². The largest absolute Gasteiger partial charge is 0.310 e. The van der Waals surface area contributed by atoms with Crippen LogP contribution in [0.25, 0.3) is 0 Å². The Morgan fingerprint density at radius 2 is 2.14 bits per heavy atom. The van der Waals surface area contributed by atoms with Crippen molar-refractivity contribution in [3.63, 3.8) is 0 Å². The Balaban J connectivity index is 2.23. The molecule has 1 aromatic carbocycles. The third kappa shape index (κ3) is 4.17. The summed E-state index contributed by atoms with van der Waals surface area (Å²) in [6, 6.07) is 6.79. The smallest absolute Gasteiger partial charge is 0.0522 e. The minimum absolute atomic E-state index is 0.314. The van der Waals surface area contributed by atoms with E-state index in [0.29, 0.717) is 6.04 Å². The van der Waals surface area contributed by atoms with Crippen molar-refractivity contribution in [3.05, 3.63) is 51.8 Å². The second-order valence-electron chi connectivity index (χ2n) is 5.39. The summed E-state index contributed by atoms with van der Waals surface area (Å²) in [6.07, 6.45) is 6.22. The van der Waals surface area contributed by atoms with Crippen molar-refractivity contribution >= 4 is 15.9 Å². The molecule has 1 N–H and O–H groups in total. The number of halogens is 1. The molecule has 0 spiro atoms. The van der Waals surface area contributed by atoms with Gasteiger partial charge in [0.2, 0.25) is 0 Å².